The molecule has 0 fully saturated rings. The Morgan fingerprint density at radius 1 is 1.62 bits per heavy atom. The smallest absolute Gasteiger partial charge is 0.150 e. The molecule has 2 heterocycles. The lowest BCUT2D eigenvalue weighted by molar-refractivity contribution is 0.811. The molecule has 2 radical (unpaired) electrons. The van der Waals surface area contributed by atoms with Crippen molar-refractivity contribution in [3.05, 3.63) is 24.0 Å². The number of dihydropyridines is 1. The lowest BCUT2D eigenvalue weighted by Gasteiger charge is -2.11. The van der Waals surface area contributed by atoms with Gasteiger partial charge in [-0.1, -0.05) is 11.3 Å². The Hall–Kier alpha value is -1.39. The average Bonchev–Trinajstić information content (AvgIpc) is 2.53. The Morgan fingerprint density at radius 3 is 3.00 bits per heavy atom. The summed E-state index contributed by atoms with van der Waals surface area (Å²) in [7, 11) is 5.65. The average molecular weight is 172 g/mol. The topological polar surface area (TPSA) is 43.1 Å². The molecule has 1 aromatic heterocycles. The van der Waals surface area contributed by atoms with Crippen LogP contribution in [0.25, 0.3) is 0 Å². The van der Waals surface area contributed by atoms with Crippen LogP contribution in [-0.4, -0.2) is 35.2 Å². The van der Waals surface area contributed by atoms with E-state index in [1.54, 1.807) is 10.9 Å². The molecule has 13 heavy (non-hydrogen) atoms. The molecule has 4 nitrogen and oxygen atoms in total. The molecule has 0 bridgehead atoms. The minimum Gasteiger partial charge on any atom is -0.267 e. The van der Waals surface area contributed by atoms with E-state index < -0.39 is 0 Å². The second-order valence-electron chi connectivity index (χ2n) is 3.01. The molecule has 1 aromatic rings. The van der Waals surface area contributed by atoms with Gasteiger partial charge in [0.25, 0.3) is 0 Å². The number of rotatable bonds is 0. The molecule has 2 rings (SSSR count). The number of hydrogen-bond donors (Lipinski definition) is 0. The maximum Gasteiger partial charge on any atom is 0.150 e. The first-order chi connectivity index (χ1) is 6.27. The van der Waals surface area contributed by atoms with Gasteiger partial charge in [-0.25, -0.2) is 0 Å². The summed E-state index contributed by atoms with van der Waals surface area (Å²) in [5, 5.41) is 7.69. The van der Waals surface area contributed by atoms with Gasteiger partial charge in [-0.3, -0.25) is 4.99 Å². The molecule has 0 saturated carbocycles. The van der Waals surface area contributed by atoms with E-state index in [0.29, 0.717) is 6.54 Å². The van der Waals surface area contributed by atoms with Crippen LogP contribution in [0.15, 0.2) is 23.3 Å². The van der Waals surface area contributed by atoms with Crippen molar-refractivity contribution >= 4 is 13.7 Å². The van der Waals surface area contributed by atoms with Gasteiger partial charge in [0.1, 0.15) is 5.84 Å². The van der Waals surface area contributed by atoms with Crippen molar-refractivity contribution in [1.29, 1.82) is 0 Å². The number of nitrogens with zero attached hydrogens (tertiary/aromatic N) is 4. The largest absolute Gasteiger partial charge is 0.267 e. The first-order valence-electron chi connectivity index (χ1n) is 4.13. The number of aliphatic imine (C=N–C) groups is 1. The third-order valence-electron chi connectivity index (χ3n) is 1.89. The first kappa shape index (κ1) is 8.22. The molecule has 0 aromatic carbocycles. The maximum absolute atomic E-state index is 5.65. The molecule has 5 heteroatoms. The van der Waals surface area contributed by atoms with Gasteiger partial charge in [-0.15, -0.1) is 5.10 Å². The standard InChI is InChI=1S/C8H9BN4/c1-6-4-11-12-13(6)8-3-2-7(9)5-10-8/h2-4,7H,5H2,1H3. The Kier molecular flexibility index (Phi) is 2.00. The molecular weight excluding hydrogens is 163 g/mol. The summed E-state index contributed by atoms with van der Waals surface area (Å²) in [4.78, 5) is 4.28. The fourth-order valence-corrected chi connectivity index (χ4v) is 1.17. The fraction of sp³-hybridized carbons (Fsp3) is 0.375. The molecule has 0 amide bonds. The van der Waals surface area contributed by atoms with Crippen molar-refractivity contribution in [2.45, 2.75) is 12.7 Å². The lowest BCUT2D eigenvalue weighted by Crippen LogP contribution is -2.17. The van der Waals surface area contributed by atoms with E-state index in [0.717, 1.165) is 11.5 Å². The molecule has 64 valence electrons. The van der Waals surface area contributed by atoms with Crippen LogP contribution in [0.3, 0.4) is 0 Å². The highest BCUT2D eigenvalue weighted by molar-refractivity contribution is 6.14. The third-order valence-corrected chi connectivity index (χ3v) is 1.89. The van der Waals surface area contributed by atoms with Gasteiger partial charge in [-0.2, -0.15) is 4.68 Å². The van der Waals surface area contributed by atoms with Crippen LogP contribution in [0.5, 0.6) is 0 Å². The predicted octanol–water partition coefficient (Wildman–Crippen LogP) is 0.360. The lowest BCUT2D eigenvalue weighted by atomic mass is 9.86. The van der Waals surface area contributed by atoms with E-state index in [1.807, 2.05) is 19.1 Å². The Morgan fingerprint density at radius 2 is 2.46 bits per heavy atom. The number of aromatic nitrogens is 3. The van der Waals surface area contributed by atoms with Gasteiger partial charge in [0.15, 0.2) is 0 Å². The monoisotopic (exact) mass is 172 g/mol. The van der Waals surface area contributed by atoms with Crippen molar-refractivity contribution in [1.82, 2.24) is 15.0 Å². The Bertz CT molecular complexity index is 366. The molecule has 1 atom stereocenters. The SMILES string of the molecule is [B]C1C=CC(n2nncc2C)=NC1. The van der Waals surface area contributed by atoms with Crippen LogP contribution in [0.1, 0.15) is 5.69 Å². The summed E-state index contributed by atoms with van der Waals surface area (Å²) in [6.45, 7) is 2.55. The first-order valence-corrected chi connectivity index (χ1v) is 4.13. The highest BCUT2D eigenvalue weighted by Gasteiger charge is 2.08. The summed E-state index contributed by atoms with van der Waals surface area (Å²) >= 11 is 0. The van der Waals surface area contributed by atoms with Gasteiger partial charge in [0.05, 0.1) is 19.7 Å². The zero-order chi connectivity index (χ0) is 9.26. The van der Waals surface area contributed by atoms with Gasteiger partial charge in [0, 0.05) is 6.54 Å². The molecule has 0 aliphatic carbocycles. The molecule has 0 spiro atoms. The Labute approximate surface area is 77.8 Å². The summed E-state index contributed by atoms with van der Waals surface area (Å²) in [6.07, 6.45) is 5.49. The maximum atomic E-state index is 5.65. The number of aryl methyl sites for hydroxylation is 1. The highest BCUT2D eigenvalue weighted by atomic mass is 15.4. The van der Waals surface area contributed by atoms with E-state index in [4.69, 9.17) is 7.85 Å². The zero-order valence-corrected chi connectivity index (χ0v) is 7.38. The van der Waals surface area contributed by atoms with Crippen LogP contribution in [0, 0.1) is 6.92 Å². The van der Waals surface area contributed by atoms with E-state index in [2.05, 4.69) is 15.3 Å². The fourth-order valence-electron chi connectivity index (χ4n) is 1.17. The zero-order valence-electron chi connectivity index (χ0n) is 7.38. The second kappa shape index (κ2) is 3.16. The molecule has 0 N–H and O–H groups in total. The van der Waals surface area contributed by atoms with E-state index >= 15 is 0 Å². The second-order valence-corrected chi connectivity index (χ2v) is 3.01. The normalized spacial score (nSPS) is 21.6. The minimum atomic E-state index is 0.0348. The van der Waals surface area contributed by atoms with Gasteiger partial charge < -0.3 is 0 Å². The van der Waals surface area contributed by atoms with Crippen LogP contribution < -0.4 is 0 Å². The molecule has 0 saturated heterocycles. The molecular formula is C8H9BN4. The van der Waals surface area contributed by atoms with Crippen molar-refractivity contribution < 1.29 is 0 Å². The van der Waals surface area contributed by atoms with Crippen LogP contribution in [0.4, 0.5) is 0 Å². The van der Waals surface area contributed by atoms with Crippen LogP contribution in [0.2, 0.25) is 5.82 Å². The summed E-state index contributed by atoms with van der Waals surface area (Å²) in [5.74, 6) is 0.837. The molecule has 1 aliphatic rings. The van der Waals surface area contributed by atoms with Crippen molar-refractivity contribution in [3.8, 4) is 0 Å². The van der Waals surface area contributed by atoms with E-state index in [1.165, 1.54) is 0 Å². The Balaban J connectivity index is 2.29. The van der Waals surface area contributed by atoms with Gasteiger partial charge >= 0.3 is 0 Å². The van der Waals surface area contributed by atoms with E-state index in [-0.39, 0.29) is 5.82 Å². The number of hydrogen-bond acceptors (Lipinski definition) is 3. The quantitative estimate of drug-likeness (QED) is 0.530. The predicted molar refractivity (Wildman–Crippen MR) is 51.1 cm³/mol. The minimum absolute atomic E-state index is 0.0348. The van der Waals surface area contributed by atoms with Crippen LogP contribution in [-0.2, 0) is 0 Å². The van der Waals surface area contributed by atoms with Gasteiger partial charge in [0.2, 0.25) is 0 Å². The molecule has 1 unspecified atom stereocenters. The van der Waals surface area contributed by atoms with Crippen LogP contribution >= 0.6 is 0 Å². The summed E-state index contributed by atoms with van der Waals surface area (Å²) in [6, 6.07) is 0. The number of allylic oxidation sites excluding steroid dienone is 1. The van der Waals surface area contributed by atoms with Crippen molar-refractivity contribution in [2.75, 3.05) is 6.54 Å². The van der Waals surface area contributed by atoms with Gasteiger partial charge in [-0.05, 0) is 18.8 Å². The third kappa shape index (κ3) is 1.54. The highest BCUT2D eigenvalue weighted by Crippen LogP contribution is 2.08. The molecule has 1 aliphatic heterocycles. The van der Waals surface area contributed by atoms with Crippen molar-refractivity contribution in [3.63, 3.8) is 0 Å². The van der Waals surface area contributed by atoms with E-state index in [9.17, 15) is 0 Å². The summed E-state index contributed by atoms with van der Waals surface area (Å²) < 4.78 is 1.70. The van der Waals surface area contributed by atoms with Crippen molar-refractivity contribution in [2.24, 2.45) is 4.99 Å². The summed E-state index contributed by atoms with van der Waals surface area (Å²) in [5.41, 5.74) is 0.971.